The van der Waals surface area contributed by atoms with Gasteiger partial charge < -0.3 is 10.2 Å². The van der Waals surface area contributed by atoms with Crippen molar-refractivity contribution in [2.24, 2.45) is 0 Å². The van der Waals surface area contributed by atoms with Gasteiger partial charge in [-0.25, -0.2) is 0 Å². The van der Waals surface area contributed by atoms with Crippen molar-refractivity contribution in [3.8, 4) is 0 Å². The molecule has 2 amide bonds. The number of hydrogen-bond acceptors (Lipinski definition) is 2. The zero-order valence-electron chi connectivity index (χ0n) is 10.9. The van der Waals surface area contributed by atoms with E-state index in [2.05, 4.69) is 5.32 Å². The first-order valence-corrected chi connectivity index (χ1v) is 6.76. The standard InChI is InChI=1S/C14H17ClN2O2/c1-10(18)17(13-6-7-13)9-8-16-14(19)11-2-4-12(15)5-3-11/h2-5,13H,6-9H2,1H3,(H,16,19). The van der Waals surface area contributed by atoms with Crippen LogP contribution in [0.1, 0.15) is 30.1 Å². The molecule has 0 radical (unpaired) electrons. The summed E-state index contributed by atoms with van der Waals surface area (Å²) in [6, 6.07) is 7.11. The summed E-state index contributed by atoms with van der Waals surface area (Å²) in [4.78, 5) is 25.1. The van der Waals surface area contributed by atoms with E-state index in [9.17, 15) is 9.59 Å². The summed E-state index contributed by atoms with van der Waals surface area (Å²) >= 11 is 5.76. The van der Waals surface area contributed by atoms with Crippen LogP contribution in [0.3, 0.4) is 0 Å². The summed E-state index contributed by atoms with van der Waals surface area (Å²) in [5, 5.41) is 3.42. The predicted molar refractivity (Wildman–Crippen MR) is 74.2 cm³/mol. The summed E-state index contributed by atoms with van der Waals surface area (Å²) in [6.45, 7) is 2.61. The van der Waals surface area contributed by atoms with Crippen LogP contribution >= 0.6 is 11.6 Å². The maximum Gasteiger partial charge on any atom is 0.251 e. The fraction of sp³-hybridized carbons (Fsp3) is 0.429. The number of rotatable bonds is 5. The highest BCUT2D eigenvalue weighted by molar-refractivity contribution is 6.30. The van der Waals surface area contributed by atoms with Gasteiger partial charge in [0.05, 0.1) is 0 Å². The van der Waals surface area contributed by atoms with Crippen molar-refractivity contribution in [3.05, 3.63) is 34.9 Å². The Labute approximate surface area is 117 Å². The van der Waals surface area contributed by atoms with Gasteiger partial charge in [-0.05, 0) is 37.1 Å². The molecule has 0 aromatic heterocycles. The first-order chi connectivity index (χ1) is 9.08. The highest BCUT2D eigenvalue weighted by Crippen LogP contribution is 2.26. The second-order valence-electron chi connectivity index (χ2n) is 4.71. The molecule has 0 heterocycles. The van der Waals surface area contributed by atoms with Crippen LogP contribution in [0.25, 0.3) is 0 Å². The Morgan fingerprint density at radius 2 is 1.95 bits per heavy atom. The highest BCUT2D eigenvalue weighted by Gasteiger charge is 2.30. The molecular weight excluding hydrogens is 264 g/mol. The maximum atomic E-state index is 11.8. The topological polar surface area (TPSA) is 49.4 Å². The van der Waals surface area contributed by atoms with Gasteiger partial charge in [-0.15, -0.1) is 0 Å². The van der Waals surface area contributed by atoms with Crippen molar-refractivity contribution in [1.82, 2.24) is 10.2 Å². The number of amides is 2. The molecule has 19 heavy (non-hydrogen) atoms. The molecule has 0 unspecified atom stereocenters. The van der Waals surface area contributed by atoms with Crippen LogP contribution in [0.2, 0.25) is 5.02 Å². The molecule has 1 fully saturated rings. The lowest BCUT2D eigenvalue weighted by Gasteiger charge is -2.20. The number of carbonyl (C=O) groups excluding carboxylic acids is 2. The third-order valence-corrected chi connectivity index (χ3v) is 3.39. The van der Waals surface area contributed by atoms with E-state index in [1.165, 1.54) is 0 Å². The average molecular weight is 281 g/mol. The lowest BCUT2D eigenvalue weighted by molar-refractivity contribution is -0.129. The summed E-state index contributed by atoms with van der Waals surface area (Å²) < 4.78 is 0. The molecule has 0 atom stereocenters. The molecule has 0 saturated heterocycles. The normalized spacial score (nSPS) is 14.0. The molecule has 1 saturated carbocycles. The molecule has 1 aliphatic rings. The molecular formula is C14H17ClN2O2. The Morgan fingerprint density at radius 3 is 2.47 bits per heavy atom. The van der Waals surface area contributed by atoms with E-state index in [1.54, 1.807) is 31.2 Å². The van der Waals surface area contributed by atoms with Crippen molar-refractivity contribution in [3.63, 3.8) is 0 Å². The number of hydrogen-bond donors (Lipinski definition) is 1. The number of nitrogens with zero attached hydrogens (tertiary/aromatic N) is 1. The monoisotopic (exact) mass is 280 g/mol. The lowest BCUT2D eigenvalue weighted by Crippen LogP contribution is -2.38. The number of benzene rings is 1. The quantitative estimate of drug-likeness (QED) is 0.898. The Balaban J connectivity index is 1.80. The van der Waals surface area contributed by atoms with Crippen LogP contribution in [0.15, 0.2) is 24.3 Å². The second kappa shape index (κ2) is 6.06. The van der Waals surface area contributed by atoms with E-state index in [1.807, 2.05) is 4.90 Å². The van der Waals surface area contributed by atoms with Crippen LogP contribution in [0.5, 0.6) is 0 Å². The molecule has 0 aliphatic heterocycles. The van der Waals surface area contributed by atoms with E-state index in [0.717, 1.165) is 12.8 Å². The van der Waals surface area contributed by atoms with Gasteiger partial charge >= 0.3 is 0 Å². The number of nitrogens with one attached hydrogen (secondary N) is 1. The molecule has 1 N–H and O–H groups in total. The average Bonchev–Trinajstić information content (AvgIpc) is 3.19. The minimum absolute atomic E-state index is 0.0724. The third-order valence-electron chi connectivity index (χ3n) is 3.14. The number of carbonyl (C=O) groups is 2. The van der Waals surface area contributed by atoms with Crippen LogP contribution in [0, 0.1) is 0 Å². The molecule has 4 nitrogen and oxygen atoms in total. The van der Waals surface area contributed by atoms with Crippen LogP contribution < -0.4 is 5.32 Å². The van der Waals surface area contributed by atoms with Gasteiger partial charge in [0.15, 0.2) is 0 Å². The third kappa shape index (κ3) is 3.96. The molecule has 0 bridgehead atoms. The zero-order chi connectivity index (χ0) is 13.8. The summed E-state index contributed by atoms with van der Waals surface area (Å²) in [6.07, 6.45) is 2.15. The first-order valence-electron chi connectivity index (χ1n) is 6.39. The zero-order valence-corrected chi connectivity index (χ0v) is 11.6. The largest absolute Gasteiger partial charge is 0.350 e. The first kappa shape index (κ1) is 13.9. The molecule has 1 aromatic carbocycles. The van der Waals surface area contributed by atoms with E-state index in [-0.39, 0.29) is 11.8 Å². The fourth-order valence-corrected chi connectivity index (χ4v) is 2.10. The van der Waals surface area contributed by atoms with Gasteiger partial charge in [0.2, 0.25) is 5.91 Å². The molecule has 1 aromatic rings. The molecule has 5 heteroatoms. The molecule has 0 spiro atoms. The Kier molecular flexibility index (Phi) is 4.43. The fourth-order valence-electron chi connectivity index (χ4n) is 1.98. The maximum absolute atomic E-state index is 11.8. The number of halogens is 1. The predicted octanol–water partition coefficient (Wildman–Crippen LogP) is 2.08. The van der Waals surface area contributed by atoms with Gasteiger partial charge in [0, 0.05) is 36.6 Å². The van der Waals surface area contributed by atoms with Crippen molar-refractivity contribution >= 4 is 23.4 Å². The SMILES string of the molecule is CC(=O)N(CCNC(=O)c1ccc(Cl)cc1)C1CC1. The van der Waals surface area contributed by atoms with Gasteiger partial charge in [0.1, 0.15) is 0 Å². The van der Waals surface area contributed by atoms with Crippen molar-refractivity contribution in [2.45, 2.75) is 25.8 Å². The van der Waals surface area contributed by atoms with Crippen LogP contribution in [-0.4, -0.2) is 35.8 Å². The Morgan fingerprint density at radius 1 is 1.32 bits per heavy atom. The second-order valence-corrected chi connectivity index (χ2v) is 5.14. The lowest BCUT2D eigenvalue weighted by atomic mass is 10.2. The molecule has 102 valence electrons. The summed E-state index contributed by atoms with van der Waals surface area (Å²) in [5.41, 5.74) is 0.574. The molecule has 1 aliphatic carbocycles. The van der Waals surface area contributed by atoms with E-state index in [4.69, 9.17) is 11.6 Å². The van der Waals surface area contributed by atoms with Crippen molar-refractivity contribution < 1.29 is 9.59 Å². The Hall–Kier alpha value is -1.55. The van der Waals surface area contributed by atoms with Gasteiger partial charge in [-0.2, -0.15) is 0 Å². The molecule has 2 rings (SSSR count). The van der Waals surface area contributed by atoms with Crippen LogP contribution in [-0.2, 0) is 4.79 Å². The summed E-state index contributed by atoms with van der Waals surface area (Å²) in [5.74, 6) is -0.0702. The minimum atomic E-state index is -0.143. The van der Waals surface area contributed by atoms with Gasteiger partial charge in [-0.3, -0.25) is 9.59 Å². The van der Waals surface area contributed by atoms with E-state index >= 15 is 0 Å². The summed E-state index contributed by atoms with van der Waals surface area (Å²) in [7, 11) is 0. The van der Waals surface area contributed by atoms with Crippen molar-refractivity contribution in [2.75, 3.05) is 13.1 Å². The van der Waals surface area contributed by atoms with Crippen LogP contribution in [0.4, 0.5) is 0 Å². The van der Waals surface area contributed by atoms with E-state index < -0.39 is 0 Å². The Bertz CT molecular complexity index is 469. The van der Waals surface area contributed by atoms with Crippen molar-refractivity contribution in [1.29, 1.82) is 0 Å². The van der Waals surface area contributed by atoms with Gasteiger partial charge in [-0.1, -0.05) is 11.6 Å². The van der Waals surface area contributed by atoms with Gasteiger partial charge in [0.25, 0.3) is 5.91 Å². The highest BCUT2D eigenvalue weighted by atomic mass is 35.5. The minimum Gasteiger partial charge on any atom is -0.350 e. The smallest absolute Gasteiger partial charge is 0.251 e. The van der Waals surface area contributed by atoms with E-state index in [0.29, 0.717) is 29.7 Å².